The van der Waals surface area contributed by atoms with Crippen molar-refractivity contribution in [2.45, 2.75) is 29.2 Å². The molecule has 0 saturated carbocycles. The van der Waals surface area contributed by atoms with Gasteiger partial charge < -0.3 is 25.5 Å². The Bertz CT molecular complexity index is 230. The van der Waals surface area contributed by atoms with Gasteiger partial charge in [-0.25, -0.2) is 4.39 Å². The Kier molecular flexibility index (Phi) is 5.34. The molecule has 0 aliphatic carbocycles. The Hall–Kier alpha value is -0.0200. The zero-order valence-electron chi connectivity index (χ0n) is 7.09. The Morgan fingerprint density at radius 1 is 1.20 bits per heavy atom. The predicted molar refractivity (Wildman–Crippen MR) is 46.8 cm³/mol. The van der Waals surface area contributed by atoms with Crippen LogP contribution in [-0.4, -0.2) is 60.5 Å². The first kappa shape index (κ1) is 15.0. The minimum absolute atomic E-state index is 1.79. The second-order valence-electron chi connectivity index (χ2n) is 2.71. The van der Waals surface area contributed by atoms with Gasteiger partial charge in [0, 0.05) is 0 Å². The van der Waals surface area contributed by atoms with Crippen molar-refractivity contribution < 1.29 is 34.7 Å². The molecule has 9 heteroatoms. The van der Waals surface area contributed by atoms with Crippen LogP contribution in [0.15, 0.2) is 0 Å². The summed E-state index contributed by atoms with van der Waals surface area (Å²) in [5, 5.41) is 43.8. The average Bonchev–Trinajstić information content (AvgIpc) is 2.11. The van der Waals surface area contributed by atoms with Crippen LogP contribution in [0.4, 0.5) is 4.39 Å². The quantitative estimate of drug-likeness (QED) is 0.369. The lowest BCUT2D eigenvalue weighted by Gasteiger charge is -2.27. The van der Waals surface area contributed by atoms with E-state index in [-0.39, 0.29) is 0 Å². The fraction of sp³-hybridized carbons (Fsp3) is 0.833. The number of rotatable bonds is 5. The summed E-state index contributed by atoms with van der Waals surface area (Å²) in [5.41, 5.74) is 0. The van der Waals surface area contributed by atoms with Crippen LogP contribution < -0.4 is 0 Å². The van der Waals surface area contributed by atoms with Gasteiger partial charge in [0.05, 0.1) is 0 Å². The molecule has 0 bridgehead atoms. The minimum Gasteiger partial charge on any atom is -0.387 e. The van der Waals surface area contributed by atoms with Gasteiger partial charge in [-0.3, -0.25) is 4.79 Å². The van der Waals surface area contributed by atoms with Crippen LogP contribution in [0.2, 0.25) is 0 Å². The molecule has 0 aromatic carbocycles. The van der Waals surface area contributed by atoms with E-state index >= 15 is 0 Å². The number of halogens is 3. The van der Waals surface area contributed by atoms with E-state index in [0.29, 0.717) is 0 Å². The van der Waals surface area contributed by atoms with Crippen LogP contribution >= 0.6 is 23.2 Å². The zero-order chi connectivity index (χ0) is 12.4. The standard InChI is InChI=1S/C6H9Cl2FO6/c7-6(8,15)4(13)2(11)1(10)3(12)5(9)14/h1-2,4-5,10-11,13-15H/t1-,2-,4-,5?/m0/s1. The van der Waals surface area contributed by atoms with Gasteiger partial charge in [-0.2, -0.15) is 0 Å². The van der Waals surface area contributed by atoms with E-state index in [9.17, 15) is 9.18 Å². The molecule has 0 rings (SSSR count). The summed E-state index contributed by atoms with van der Waals surface area (Å²) in [6, 6.07) is 0. The molecule has 6 nitrogen and oxygen atoms in total. The molecule has 0 fully saturated rings. The summed E-state index contributed by atoms with van der Waals surface area (Å²) < 4.78 is 9.16. The molecule has 0 radical (unpaired) electrons. The molecule has 4 atom stereocenters. The number of alkyl halides is 3. The van der Waals surface area contributed by atoms with E-state index in [2.05, 4.69) is 0 Å². The highest BCUT2D eigenvalue weighted by atomic mass is 35.5. The maximum atomic E-state index is 12.0. The highest BCUT2D eigenvalue weighted by Crippen LogP contribution is 2.25. The van der Waals surface area contributed by atoms with Crippen molar-refractivity contribution in [2.24, 2.45) is 0 Å². The van der Waals surface area contributed by atoms with Crippen LogP contribution in [-0.2, 0) is 4.79 Å². The fourth-order valence-corrected chi connectivity index (χ4v) is 0.945. The van der Waals surface area contributed by atoms with Crippen LogP contribution in [0.1, 0.15) is 0 Å². The monoisotopic (exact) mass is 266 g/mol. The van der Waals surface area contributed by atoms with Gasteiger partial charge in [0.2, 0.25) is 10.3 Å². The maximum Gasteiger partial charge on any atom is 0.258 e. The maximum absolute atomic E-state index is 12.0. The van der Waals surface area contributed by atoms with Gasteiger partial charge in [-0.15, -0.1) is 0 Å². The van der Waals surface area contributed by atoms with Gasteiger partial charge in [-0.05, 0) is 0 Å². The number of hydrogen-bond acceptors (Lipinski definition) is 6. The second kappa shape index (κ2) is 5.35. The van der Waals surface area contributed by atoms with E-state index in [0.717, 1.165) is 0 Å². The summed E-state index contributed by atoms with van der Waals surface area (Å²) >= 11 is 9.88. The summed E-state index contributed by atoms with van der Waals surface area (Å²) in [7, 11) is 0. The molecular weight excluding hydrogens is 258 g/mol. The molecular formula is C6H9Cl2FO6. The summed E-state index contributed by atoms with van der Waals surface area (Å²) in [6.45, 7) is 0. The first-order chi connectivity index (χ1) is 6.59. The Balaban J connectivity index is 4.58. The zero-order valence-corrected chi connectivity index (χ0v) is 8.60. The number of hydrogen-bond donors (Lipinski definition) is 5. The smallest absolute Gasteiger partial charge is 0.258 e. The van der Waals surface area contributed by atoms with Crippen molar-refractivity contribution in [3.05, 3.63) is 0 Å². The van der Waals surface area contributed by atoms with E-state index < -0.39 is 35.0 Å². The number of carbonyl (C=O) groups is 1. The van der Waals surface area contributed by atoms with Crippen LogP contribution in [0.25, 0.3) is 0 Å². The van der Waals surface area contributed by atoms with Gasteiger partial charge in [-0.1, -0.05) is 23.2 Å². The predicted octanol–water partition coefficient (Wildman–Crippen LogP) is -1.95. The molecule has 0 aromatic heterocycles. The van der Waals surface area contributed by atoms with Crippen molar-refractivity contribution in [2.75, 3.05) is 0 Å². The lowest BCUT2D eigenvalue weighted by Crippen LogP contribution is -2.51. The molecule has 0 aliphatic rings. The van der Waals surface area contributed by atoms with E-state index in [1.54, 1.807) is 0 Å². The Labute approximate surface area is 93.5 Å². The molecule has 0 aromatic rings. The van der Waals surface area contributed by atoms with Gasteiger partial charge >= 0.3 is 0 Å². The average molecular weight is 267 g/mol. The molecule has 1 unspecified atom stereocenters. The molecule has 0 spiro atoms. The lowest BCUT2D eigenvalue weighted by atomic mass is 10.0. The molecule has 0 aliphatic heterocycles. The van der Waals surface area contributed by atoms with Crippen molar-refractivity contribution >= 4 is 29.0 Å². The number of aliphatic hydroxyl groups is 5. The fourth-order valence-electron chi connectivity index (χ4n) is 0.687. The number of ketones is 1. The summed E-state index contributed by atoms with van der Waals surface area (Å²) in [4.78, 5) is 10.6. The topological polar surface area (TPSA) is 118 Å². The number of aliphatic hydroxyl groups excluding tert-OH is 4. The van der Waals surface area contributed by atoms with E-state index in [1.165, 1.54) is 0 Å². The molecule has 90 valence electrons. The Morgan fingerprint density at radius 2 is 1.60 bits per heavy atom. The third-order valence-electron chi connectivity index (χ3n) is 1.53. The second-order valence-corrected chi connectivity index (χ2v) is 4.05. The number of Topliss-reactive ketones (excluding diaryl/α,β-unsaturated/α-hetero) is 1. The SMILES string of the molecule is O=C(C(O)F)[C@@H](O)[C@H](O)[C@H](O)C(O)(Cl)Cl. The Morgan fingerprint density at radius 3 is 1.87 bits per heavy atom. The summed E-state index contributed by atoms with van der Waals surface area (Å²) in [6.07, 6.45) is -10.2. The summed E-state index contributed by atoms with van der Waals surface area (Å²) in [5.74, 6) is -1.79. The lowest BCUT2D eigenvalue weighted by molar-refractivity contribution is -0.158. The largest absolute Gasteiger partial charge is 0.387 e. The number of carbonyl (C=O) groups excluding carboxylic acids is 1. The van der Waals surface area contributed by atoms with Crippen LogP contribution in [0.3, 0.4) is 0 Å². The molecule has 5 N–H and O–H groups in total. The van der Waals surface area contributed by atoms with E-state index in [4.69, 9.17) is 48.7 Å². The van der Waals surface area contributed by atoms with Crippen molar-refractivity contribution in [3.63, 3.8) is 0 Å². The van der Waals surface area contributed by atoms with Crippen LogP contribution in [0.5, 0.6) is 0 Å². The van der Waals surface area contributed by atoms with E-state index in [1.807, 2.05) is 0 Å². The molecule has 0 heterocycles. The molecule has 0 saturated heterocycles. The first-order valence-corrected chi connectivity index (χ1v) is 4.35. The molecule has 0 amide bonds. The highest BCUT2D eigenvalue weighted by molar-refractivity contribution is 6.47. The van der Waals surface area contributed by atoms with Crippen molar-refractivity contribution in [1.82, 2.24) is 0 Å². The minimum atomic E-state index is -3.03. The highest BCUT2D eigenvalue weighted by Gasteiger charge is 2.43. The van der Waals surface area contributed by atoms with Crippen molar-refractivity contribution in [1.29, 1.82) is 0 Å². The van der Waals surface area contributed by atoms with Crippen LogP contribution in [0, 0.1) is 0 Å². The van der Waals surface area contributed by atoms with Gasteiger partial charge in [0.15, 0.2) is 0 Å². The third kappa shape index (κ3) is 4.15. The first-order valence-electron chi connectivity index (χ1n) is 3.59. The molecule has 15 heavy (non-hydrogen) atoms. The normalized spacial score (nSPS) is 20.5. The van der Waals surface area contributed by atoms with Gasteiger partial charge in [0.25, 0.3) is 6.36 Å². The van der Waals surface area contributed by atoms with Crippen molar-refractivity contribution in [3.8, 4) is 0 Å². The van der Waals surface area contributed by atoms with Gasteiger partial charge in [0.1, 0.15) is 18.3 Å². The third-order valence-corrected chi connectivity index (χ3v) is 1.98.